The molecule has 0 saturated carbocycles. The summed E-state index contributed by atoms with van der Waals surface area (Å²) in [6, 6.07) is 3.62. The zero-order chi connectivity index (χ0) is 14.3. The maximum Gasteiger partial charge on any atom is 0.203 e. The lowest BCUT2D eigenvalue weighted by Crippen LogP contribution is -2.26. The van der Waals surface area contributed by atoms with Crippen LogP contribution in [0.2, 0.25) is 0 Å². The highest BCUT2D eigenvalue weighted by molar-refractivity contribution is 7.80. The summed E-state index contributed by atoms with van der Waals surface area (Å²) in [5.41, 5.74) is 0.806. The first kappa shape index (κ1) is 15.5. The fraction of sp³-hybridized carbons (Fsp3) is 0.462. The highest BCUT2D eigenvalue weighted by Gasteiger charge is 2.14. The summed E-state index contributed by atoms with van der Waals surface area (Å²) in [5.74, 6) is 1.70. The Hall–Kier alpha value is -1.53. The molecule has 0 atom stereocenters. The molecule has 1 aromatic carbocycles. The number of hydrogen-bond donors (Lipinski definition) is 1. The van der Waals surface area contributed by atoms with Crippen LogP contribution in [0.15, 0.2) is 12.1 Å². The molecule has 0 heterocycles. The van der Waals surface area contributed by atoms with Gasteiger partial charge in [0.1, 0.15) is 4.99 Å². The number of ether oxygens (including phenoxy) is 4. The highest BCUT2D eigenvalue weighted by Crippen LogP contribution is 2.38. The van der Waals surface area contributed by atoms with Crippen molar-refractivity contribution in [3.05, 3.63) is 17.7 Å². The van der Waals surface area contributed by atoms with Crippen molar-refractivity contribution in [1.82, 2.24) is 5.32 Å². The van der Waals surface area contributed by atoms with Gasteiger partial charge in [-0.1, -0.05) is 12.2 Å². The van der Waals surface area contributed by atoms with Gasteiger partial charge < -0.3 is 24.3 Å². The first-order chi connectivity index (χ1) is 9.17. The Kier molecular flexibility index (Phi) is 6.38. The van der Waals surface area contributed by atoms with Crippen LogP contribution in [0.5, 0.6) is 17.2 Å². The van der Waals surface area contributed by atoms with Gasteiger partial charge >= 0.3 is 0 Å². The number of methoxy groups -OCH3 is 4. The number of thiocarbonyl (C=S) groups is 1. The fourth-order valence-corrected chi connectivity index (χ4v) is 1.80. The normalized spacial score (nSPS) is 9.89. The van der Waals surface area contributed by atoms with Crippen LogP contribution in [0.25, 0.3) is 0 Å². The predicted octanol–water partition coefficient (Wildman–Crippen LogP) is 1.62. The molecule has 0 bridgehead atoms. The average Bonchev–Trinajstić information content (AvgIpc) is 2.45. The summed E-state index contributed by atoms with van der Waals surface area (Å²) in [5, 5.41) is 3.09. The van der Waals surface area contributed by atoms with Crippen LogP contribution in [0.4, 0.5) is 0 Å². The number of nitrogens with one attached hydrogen (secondary N) is 1. The topological polar surface area (TPSA) is 49.0 Å². The zero-order valence-corrected chi connectivity index (χ0v) is 12.4. The Morgan fingerprint density at radius 1 is 1.05 bits per heavy atom. The van der Waals surface area contributed by atoms with Crippen LogP contribution in [0.3, 0.4) is 0 Å². The fourth-order valence-electron chi connectivity index (χ4n) is 1.58. The molecule has 0 amide bonds. The van der Waals surface area contributed by atoms with Crippen molar-refractivity contribution < 1.29 is 18.9 Å². The summed E-state index contributed by atoms with van der Waals surface area (Å²) >= 11 is 5.31. The van der Waals surface area contributed by atoms with Gasteiger partial charge in [-0.15, -0.1) is 0 Å². The summed E-state index contributed by atoms with van der Waals surface area (Å²) in [7, 11) is 6.35. The zero-order valence-electron chi connectivity index (χ0n) is 11.6. The summed E-state index contributed by atoms with van der Waals surface area (Å²) < 4.78 is 20.8. The average molecular weight is 285 g/mol. The second-order valence-corrected chi connectivity index (χ2v) is 4.07. The van der Waals surface area contributed by atoms with Gasteiger partial charge in [-0.25, -0.2) is 0 Å². The van der Waals surface area contributed by atoms with Crippen LogP contribution in [-0.4, -0.2) is 46.6 Å². The molecule has 0 radical (unpaired) electrons. The number of benzene rings is 1. The van der Waals surface area contributed by atoms with E-state index in [0.717, 1.165) is 5.56 Å². The van der Waals surface area contributed by atoms with Gasteiger partial charge in [0.25, 0.3) is 0 Å². The van der Waals surface area contributed by atoms with E-state index in [1.54, 1.807) is 28.4 Å². The minimum Gasteiger partial charge on any atom is -0.493 e. The van der Waals surface area contributed by atoms with Crippen LogP contribution in [-0.2, 0) is 4.74 Å². The van der Waals surface area contributed by atoms with E-state index in [9.17, 15) is 0 Å². The Morgan fingerprint density at radius 2 is 1.63 bits per heavy atom. The van der Waals surface area contributed by atoms with Gasteiger partial charge in [0.05, 0.1) is 27.9 Å². The number of hydrogen-bond acceptors (Lipinski definition) is 5. The summed E-state index contributed by atoms with van der Waals surface area (Å²) in [4.78, 5) is 0.608. The van der Waals surface area contributed by atoms with Gasteiger partial charge in [0.15, 0.2) is 11.5 Å². The molecule has 0 aliphatic heterocycles. The maximum atomic E-state index is 5.31. The lowest BCUT2D eigenvalue weighted by molar-refractivity contribution is 0.204. The maximum absolute atomic E-state index is 5.31. The van der Waals surface area contributed by atoms with Crippen molar-refractivity contribution >= 4 is 17.2 Å². The van der Waals surface area contributed by atoms with Gasteiger partial charge in [0, 0.05) is 19.2 Å². The number of rotatable bonds is 7. The second kappa shape index (κ2) is 7.81. The SMILES string of the molecule is COCCNC(=S)c1cc(OC)c(OC)c(OC)c1. The van der Waals surface area contributed by atoms with Gasteiger partial charge in [-0.3, -0.25) is 0 Å². The van der Waals surface area contributed by atoms with E-state index in [0.29, 0.717) is 35.4 Å². The van der Waals surface area contributed by atoms with Crippen molar-refractivity contribution in [3.8, 4) is 17.2 Å². The third kappa shape index (κ3) is 3.97. The van der Waals surface area contributed by atoms with Crippen molar-refractivity contribution in [2.24, 2.45) is 0 Å². The Balaban J connectivity index is 2.98. The minimum absolute atomic E-state index is 0.549. The lowest BCUT2D eigenvalue weighted by atomic mass is 10.1. The molecule has 0 spiro atoms. The quantitative estimate of drug-likeness (QED) is 0.607. The van der Waals surface area contributed by atoms with Crippen molar-refractivity contribution in [2.45, 2.75) is 0 Å². The molecular formula is C13H19NO4S. The molecule has 1 aromatic rings. The molecule has 6 heteroatoms. The van der Waals surface area contributed by atoms with Gasteiger partial charge in [-0.05, 0) is 12.1 Å². The predicted molar refractivity (Wildman–Crippen MR) is 77.7 cm³/mol. The molecule has 0 aliphatic carbocycles. The Labute approximate surface area is 118 Å². The van der Waals surface area contributed by atoms with Crippen LogP contribution < -0.4 is 19.5 Å². The van der Waals surface area contributed by atoms with Crippen molar-refractivity contribution in [3.63, 3.8) is 0 Å². The van der Waals surface area contributed by atoms with Gasteiger partial charge in [-0.2, -0.15) is 0 Å². The molecule has 1 N–H and O–H groups in total. The highest BCUT2D eigenvalue weighted by atomic mass is 32.1. The minimum atomic E-state index is 0.549. The molecule has 0 aliphatic rings. The standard InChI is InChI=1S/C13H19NO4S/c1-15-6-5-14-13(19)9-7-10(16-2)12(18-4)11(8-9)17-3/h7-8H,5-6H2,1-4H3,(H,14,19). The van der Waals surface area contributed by atoms with E-state index in [4.69, 9.17) is 31.2 Å². The molecule has 0 unspecified atom stereocenters. The van der Waals surface area contributed by atoms with Crippen LogP contribution in [0, 0.1) is 0 Å². The van der Waals surface area contributed by atoms with E-state index in [1.807, 2.05) is 12.1 Å². The molecule has 0 saturated heterocycles. The summed E-state index contributed by atoms with van der Waals surface area (Å²) in [6.45, 7) is 1.23. The molecule has 5 nitrogen and oxygen atoms in total. The van der Waals surface area contributed by atoms with Crippen molar-refractivity contribution in [1.29, 1.82) is 0 Å². The third-order valence-electron chi connectivity index (χ3n) is 2.52. The van der Waals surface area contributed by atoms with Crippen LogP contribution >= 0.6 is 12.2 Å². The molecular weight excluding hydrogens is 266 g/mol. The van der Waals surface area contributed by atoms with E-state index in [1.165, 1.54) is 0 Å². The monoisotopic (exact) mass is 285 g/mol. The van der Waals surface area contributed by atoms with E-state index in [2.05, 4.69) is 5.32 Å². The third-order valence-corrected chi connectivity index (χ3v) is 2.90. The first-order valence-corrected chi connectivity index (χ1v) is 6.15. The van der Waals surface area contributed by atoms with Gasteiger partial charge in [0.2, 0.25) is 5.75 Å². The first-order valence-electron chi connectivity index (χ1n) is 5.75. The van der Waals surface area contributed by atoms with E-state index >= 15 is 0 Å². The Morgan fingerprint density at radius 3 is 2.05 bits per heavy atom. The molecule has 106 valence electrons. The lowest BCUT2D eigenvalue weighted by Gasteiger charge is -2.15. The van der Waals surface area contributed by atoms with E-state index in [-0.39, 0.29) is 0 Å². The second-order valence-electron chi connectivity index (χ2n) is 3.66. The van der Waals surface area contributed by atoms with E-state index < -0.39 is 0 Å². The molecule has 0 fully saturated rings. The van der Waals surface area contributed by atoms with Crippen LogP contribution in [0.1, 0.15) is 5.56 Å². The largest absolute Gasteiger partial charge is 0.493 e. The smallest absolute Gasteiger partial charge is 0.203 e. The molecule has 1 rings (SSSR count). The Bertz CT molecular complexity index is 412. The molecule has 0 aromatic heterocycles. The van der Waals surface area contributed by atoms with Crippen molar-refractivity contribution in [2.75, 3.05) is 41.6 Å². The summed E-state index contributed by atoms with van der Waals surface area (Å²) in [6.07, 6.45) is 0. The molecule has 19 heavy (non-hydrogen) atoms.